The summed E-state index contributed by atoms with van der Waals surface area (Å²) in [6, 6.07) is 25.8. The number of thioether (sulfide) groups is 1. The van der Waals surface area contributed by atoms with E-state index in [9.17, 15) is 29.0 Å². The third kappa shape index (κ3) is 11.9. The number of nitriles is 1. The van der Waals surface area contributed by atoms with Crippen molar-refractivity contribution in [3.8, 4) is 6.07 Å². The molecule has 308 valence electrons. The molecule has 12 nitrogen and oxygen atoms in total. The number of carbonyl (C=O) groups is 4. The average molecular weight is 871 g/mol. The molecule has 2 atom stereocenters. The predicted octanol–water partition coefficient (Wildman–Crippen LogP) is 7.35. The number of carboxylic acids is 3. The lowest BCUT2D eigenvalue weighted by atomic mass is 9.88. The second-order valence-electron chi connectivity index (χ2n) is 14.1. The molecule has 0 aromatic heterocycles. The fraction of sp³-hybridized carbons (Fsp3) is 0.357. The zero-order chi connectivity index (χ0) is 42.7. The van der Waals surface area contributed by atoms with Crippen LogP contribution in [0.2, 0.25) is 10.0 Å². The van der Waals surface area contributed by atoms with Crippen molar-refractivity contribution in [1.82, 2.24) is 9.80 Å². The number of carbonyl (C=O) groups excluding carboxylic acids is 1. The van der Waals surface area contributed by atoms with E-state index in [0.29, 0.717) is 38.5 Å². The molecule has 4 N–H and O–H groups in total. The van der Waals surface area contributed by atoms with Crippen LogP contribution in [-0.4, -0.2) is 110 Å². The van der Waals surface area contributed by atoms with Crippen molar-refractivity contribution in [3.05, 3.63) is 105 Å². The molecule has 0 spiro atoms. The first-order valence-corrected chi connectivity index (χ1v) is 21.8. The Balaban J connectivity index is 0.000000492. The Morgan fingerprint density at radius 3 is 2.17 bits per heavy atom. The van der Waals surface area contributed by atoms with Crippen LogP contribution >= 0.6 is 35.0 Å². The maximum absolute atomic E-state index is 14.2. The smallest absolute Gasteiger partial charge is 0.336 e. The number of piperidine rings is 1. The van der Waals surface area contributed by atoms with E-state index in [1.165, 1.54) is 17.3 Å². The molecule has 0 radical (unpaired) electrons. The summed E-state index contributed by atoms with van der Waals surface area (Å²) < 4.78 is 12.3. The Morgan fingerprint density at radius 2 is 1.60 bits per heavy atom. The van der Waals surface area contributed by atoms with Gasteiger partial charge in [0, 0.05) is 30.0 Å². The van der Waals surface area contributed by atoms with Crippen LogP contribution in [0.3, 0.4) is 0 Å². The first-order chi connectivity index (χ1) is 27.5. The minimum absolute atomic E-state index is 0.0258. The summed E-state index contributed by atoms with van der Waals surface area (Å²) in [7, 11) is 1.84. The summed E-state index contributed by atoms with van der Waals surface area (Å²) in [5.74, 6) is -4.70. The van der Waals surface area contributed by atoms with Crippen molar-refractivity contribution in [2.24, 2.45) is 0 Å². The van der Waals surface area contributed by atoms with Crippen LogP contribution in [0.1, 0.15) is 71.0 Å². The number of hydrogen-bond donors (Lipinski definition) is 4. The van der Waals surface area contributed by atoms with Crippen molar-refractivity contribution < 1.29 is 44.2 Å². The first kappa shape index (κ1) is 46.4. The molecule has 1 aliphatic rings. The summed E-state index contributed by atoms with van der Waals surface area (Å²) in [4.78, 5) is 50.6. The number of likely N-dealkylation sites (N-methyl/N-ethyl adjacent to an activating group) is 1. The van der Waals surface area contributed by atoms with Crippen LogP contribution in [0.25, 0.3) is 10.8 Å². The van der Waals surface area contributed by atoms with Crippen molar-refractivity contribution in [1.29, 1.82) is 5.26 Å². The topological polar surface area (TPSA) is 203 Å². The second-order valence-corrected chi connectivity index (χ2v) is 17.1. The number of fused-ring (bicyclic) bond motifs is 1. The minimum atomic E-state index is -2.74. The zero-order valence-electron chi connectivity index (χ0n) is 32.2. The van der Waals surface area contributed by atoms with Gasteiger partial charge in [-0.1, -0.05) is 71.7 Å². The molecule has 1 aliphatic heterocycles. The molecule has 1 heterocycles. The van der Waals surface area contributed by atoms with Crippen molar-refractivity contribution in [2.75, 3.05) is 45.7 Å². The average Bonchev–Trinajstić information content (AvgIpc) is 3.19. The Hall–Kier alpha value is -4.33. The van der Waals surface area contributed by atoms with E-state index in [4.69, 9.17) is 43.6 Å². The number of nitrogens with zero attached hydrogens (tertiary/aromatic N) is 3. The normalized spacial score (nSPS) is 14.4. The third-order valence-electron chi connectivity index (χ3n) is 10.1. The molecule has 58 heavy (non-hydrogen) atoms. The van der Waals surface area contributed by atoms with Gasteiger partial charge in [-0.05, 0) is 103 Å². The highest BCUT2D eigenvalue weighted by Crippen LogP contribution is 2.36. The zero-order valence-corrected chi connectivity index (χ0v) is 35.3. The van der Waals surface area contributed by atoms with Gasteiger partial charge in [-0.3, -0.25) is 14.4 Å². The summed E-state index contributed by atoms with van der Waals surface area (Å²) >= 11 is 13.2. The SMILES string of the molecule is CSc1c(C#N)cc2ccccc2c1C(=O)N(C)C[C@@H](CCN1CCC(c2ccccc2[S+](C)[O-])CC1)c1ccc(Cl)c(Cl)c1.O=C(O)CC(O)(CC(=O)O)C(=O)O. The standard InChI is InChI=1S/C36H37Cl2N3O2S2.C6H8O7/c1-40(36(42)34-30-10-5-4-8-26(30)20-28(22-39)35(34)44-2)23-27(25-12-13-31(37)32(38)21-25)16-19-41-17-14-24(15-18-41)29-9-6-7-11-33(29)45(3)43;7-3(8)1-6(13,5(11)12)2-4(9)10/h4-13,20-21,24,27H,14-19,23H2,1-3H3;13H,1-2H2,(H,7,8)(H,9,10)(H,11,12)/t27-,45?;/m1./s1. The highest BCUT2D eigenvalue weighted by molar-refractivity contribution is 7.98. The van der Waals surface area contributed by atoms with E-state index in [0.717, 1.165) is 60.1 Å². The molecule has 0 saturated carbocycles. The molecule has 1 fully saturated rings. The van der Waals surface area contributed by atoms with Crippen LogP contribution in [0, 0.1) is 11.3 Å². The van der Waals surface area contributed by atoms with Gasteiger partial charge in [0.25, 0.3) is 5.91 Å². The minimum Gasteiger partial charge on any atom is -0.612 e. The lowest BCUT2D eigenvalue weighted by Crippen LogP contribution is -2.42. The first-order valence-electron chi connectivity index (χ1n) is 18.2. The summed E-state index contributed by atoms with van der Waals surface area (Å²) in [5, 5.41) is 46.4. The number of hydrogen-bond acceptors (Lipinski definition) is 9. The number of amides is 1. The van der Waals surface area contributed by atoms with E-state index < -0.39 is 47.5 Å². The van der Waals surface area contributed by atoms with Crippen LogP contribution in [-0.2, 0) is 25.6 Å². The largest absolute Gasteiger partial charge is 0.612 e. The van der Waals surface area contributed by atoms with Crippen molar-refractivity contribution in [3.63, 3.8) is 0 Å². The molecule has 1 saturated heterocycles. The second kappa shape index (κ2) is 21.1. The molecule has 1 amide bonds. The van der Waals surface area contributed by atoms with Gasteiger partial charge in [0.15, 0.2) is 10.5 Å². The number of carboxylic acid groups (broad SMARTS) is 3. The molecule has 1 unspecified atom stereocenters. The van der Waals surface area contributed by atoms with Crippen LogP contribution in [0.4, 0.5) is 0 Å². The van der Waals surface area contributed by atoms with Gasteiger partial charge in [-0.2, -0.15) is 5.26 Å². The van der Waals surface area contributed by atoms with Crippen LogP contribution in [0.5, 0.6) is 0 Å². The lowest BCUT2D eigenvalue weighted by molar-refractivity contribution is -0.170. The quantitative estimate of drug-likeness (QED) is 0.0684. The number of likely N-dealkylation sites (tertiary alicyclic amines) is 1. The third-order valence-corrected chi connectivity index (χ3v) is 12.7. The molecular weight excluding hydrogens is 826 g/mol. The van der Waals surface area contributed by atoms with Gasteiger partial charge < -0.3 is 34.8 Å². The molecule has 0 bridgehead atoms. The van der Waals surface area contributed by atoms with E-state index in [2.05, 4.69) is 17.0 Å². The molecule has 0 aliphatic carbocycles. The van der Waals surface area contributed by atoms with Crippen molar-refractivity contribution in [2.45, 2.75) is 59.3 Å². The Labute approximate surface area is 354 Å². The fourth-order valence-corrected chi connectivity index (χ4v) is 9.04. The summed E-state index contributed by atoms with van der Waals surface area (Å²) in [5.41, 5.74) is 0.596. The number of benzene rings is 4. The summed E-state index contributed by atoms with van der Waals surface area (Å²) in [6.45, 7) is 3.29. The van der Waals surface area contributed by atoms with Gasteiger partial charge in [-0.15, -0.1) is 11.8 Å². The highest BCUT2D eigenvalue weighted by atomic mass is 35.5. The number of aliphatic hydroxyl groups is 1. The van der Waals surface area contributed by atoms with Crippen molar-refractivity contribution >= 4 is 80.7 Å². The van der Waals surface area contributed by atoms with Gasteiger partial charge in [0.05, 0.1) is 34.0 Å². The molecule has 5 rings (SSSR count). The molecular formula is C42H45Cl2N3O9S2. The monoisotopic (exact) mass is 869 g/mol. The molecule has 4 aromatic carbocycles. The number of aliphatic carboxylic acids is 3. The van der Waals surface area contributed by atoms with E-state index in [1.807, 2.05) is 80.0 Å². The number of rotatable bonds is 15. The summed E-state index contributed by atoms with van der Waals surface area (Å²) in [6.07, 6.45) is 4.24. The van der Waals surface area contributed by atoms with Gasteiger partial charge in [0.1, 0.15) is 12.3 Å². The lowest BCUT2D eigenvalue weighted by Gasteiger charge is -2.34. The van der Waals surface area contributed by atoms with E-state index in [1.54, 1.807) is 11.2 Å². The number of halogens is 2. The van der Waals surface area contributed by atoms with Crippen LogP contribution in [0.15, 0.2) is 82.6 Å². The maximum atomic E-state index is 14.2. The van der Waals surface area contributed by atoms with Gasteiger partial charge >= 0.3 is 17.9 Å². The maximum Gasteiger partial charge on any atom is 0.336 e. The molecule has 4 aromatic rings. The predicted molar refractivity (Wildman–Crippen MR) is 226 cm³/mol. The Kier molecular flexibility index (Phi) is 16.9. The van der Waals surface area contributed by atoms with E-state index in [-0.39, 0.29) is 11.8 Å². The highest BCUT2D eigenvalue weighted by Gasteiger charge is 2.41. The molecule has 16 heteroatoms. The fourth-order valence-electron chi connectivity index (χ4n) is 7.17. The van der Waals surface area contributed by atoms with E-state index >= 15 is 0 Å². The Bertz CT molecular complexity index is 2160. The Morgan fingerprint density at radius 1 is 0.983 bits per heavy atom. The van der Waals surface area contributed by atoms with Gasteiger partial charge in [-0.25, -0.2) is 4.79 Å². The van der Waals surface area contributed by atoms with Crippen LogP contribution < -0.4 is 0 Å². The van der Waals surface area contributed by atoms with Gasteiger partial charge in [0.2, 0.25) is 0 Å².